The molecule has 2 rings (SSSR count). The van der Waals surface area contributed by atoms with E-state index in [0.717, 1.165) is 12.0 Å². The molecule has 0 atom stereocenters. The van der Waals surface area contributed by atoms with Crippen LogP contribution in [0.3, 0.4) is 0 Å². The summed E-state index contributed by atoms with van der Waals surface area (Å²) in [5.41, 5.74) is 1.01. The standard InChI is InChI=1S/C14H11Cl2NO3/c1-2-8-3-4-10(6-11(8)15)20-13-12(16)5-9(7-17-13)14(18)19/h3-7H,2H2,1H3,(H,18,19). The second kappa shape index (κ2) is 6.11. The van der Waals surface area contributed by atoms with Gasteiger partial charge in [0, 0.05) is 11.2 Å². The van der Waals surface area contributed by atoms with Crippen LogP contribution >= 0.6 is 23.2 Å². The number of hydrogen-bond donors (Lipinski definition) is 1. The van der Waals surface area contributed by atoms with Crippen LogP contribution in [-0.2, 0) is 6.42 Å². The molecular weight excluding hydrogens is 301 g/mol. The van der Waals surface area contributed by atoms with Crippen LogP contribution in [0, 0.1) is 0 Å². The largest absolute Gasteiger partial charge is 0.478 e. The quantitative estimate of drug-likeness (QED) is 0.906. The summed E-state index contributed by atoms with van der Waals surface area (Å²) >= 11 is 12.0. The highest BCUT2D eigenvalue weighted by Crippen LogP contribution is 2.30. The lowest BCUT2D eigenvalue weighted by Crippen LogP contribution is -1.98. The molecule has 0 saturated carbocycles. The van der Waals surface area contributed by atoms with E-state index >= 15 is 0 Å². The SMILES string of the molecule is CCc1ccc(Oc2ncc(C(=O)O)cc2Cl)cc1Cl. The summed E-state index contributed by atoms with van der Waals surface area (Å²) in [5, 5.41) is 9.55. The number of rotatable bonds is 4. The van der Waals surface area contributed by atoms with Crippen molar-refractivity contribution in [1.82, 2.24) is 4.98 Å². The van der Waals surface area contributed by atoms with Gasteiger partial charge < -0.3 is 9.84 Å². The van der Waals surface area contributed by atoms with Crippen molar-refractivity contribution in [3.8, 4) is 11.6 Å². The van der Waals surface area contributed by atoms with E-state index in [9.17, 15) is 4.79 Å². The Balaban J connectivity index is 2.26. The average molecular weight is 312 g/mol. The Kier molecular flexibility index (Phi) is 4.47. The van der Waals surface area contributed by atoms with Crippen molar-refractivity contribution in [2.24, 2.45) is 0 Å². The summed E-state index contributed by atoms with van der Waals surface area (Å²) in [7, 11) is 0. The summed E-state index contributed by atoms with van der Waals surface area (Å²) in [6, 6.07) is 6.57. The van der Waals surface area contributed by atoms with Gasteiger partial charge in [0.15, 0.2) is 0 Å². The third kappa shape index (κ3) is 3.21. The van der Waals surface area contributed by atoms with Crippen molar-refractivity contribution < 1.29 is 14.6 Å². The van der Waals surface area contributed by atoms with Crippen LogP contribution < -0.4 is 4.74 Å². The van der Waals surface area contributed by atoms with Crippen LogP contribution in [0.1, 0.15) is 22.8 Å². The zero-order valence-electron chi connectivity index (χ0n) is 10.6. The number of aromatic nitrogens is 1. The van der Waals surface area contributed by atoms with Gasteiger partial charge in [-0.15, -0.1) is 0 Å². The molecule has 0 fully saturated rings. The maximum absolute atomic E-state index is 10.8. The van der Waals surface area contributed by atoms with E-state index in [0.29, 0.717) is 10.8 Å². The zero-order chi connectivity index (χ0) is 14.7. The van der Waals surface area contributed by atoms with Gasteiger partial charge >= 0.3 is 5.97 Å². The molecule has 2 aromatic rings. The smallest absolute Gasteiger partial charge is 0.337 e. The Morgan fingerprint density at radius 3 is 2.60 bits per heavy atom. The molecule has 1 aromatic heterocycles. The van der Waals surface area contributed by atoms with Crippen LogP contribution in [0.15, 0.2) is 30.5 Å². The second-order valence-electron chi connectivity index (χ2n) is 4.02. The third-order valence-electron chi connectivity index (χ3n) is 2.67. The average Bonchev–Trinajstić information content (AvgIpc) is 2.41. The van der Waals surface area contributed by atoms with Gasteiger partial charge in [-0.1, -0.05) is 36.2 Å². The van der Waals surface area contributed by atoms with E-state index in [2.05, 4.69) is 4.98 Å². The Labute approximate surface area is 125 Å². The Morgan fingerprint density at radius 2 is 2.05 bits per heavy atom. The van der Waals surface area contributed by atoms with Crippen LogP contribution in [0.2, 0.25) is 10.0 Å². The molecule has 0 saturated heterocycles. The predicted octanol–water partition coefficient (Wildman–Crippen LogP) is 4.44. The maximum atomic E-state index is 10.8. The summed E-state index contributed by atoms with van der Waals surface area (Å²) < 4.78 is 5.50. The fourth-order valence-corrected chi connectivity index (χ4v) is 2.12. The van der Waals surface area contributed by atoms with E-state index < -0.39 is 5.97 Å². The molecule has 0 aliphatic rings. The van der Waals surface area contributed by atoms with Gasteiger partial charge in [-0.2, -0.15) is 0 Å². The Morgan fingerprint density at radius 1 is 1.30 bits per heavy atom. The molecule has 104 valence electrons. The molecule has 0 bridgehead atoms. The number of pyridine rings is 1. The summed E-state index contributed by atoms with van der Waals surface area (Å²) in [4.78, 5) is 14.7. The number of halogens is 2. The molecule has 0 unspecified atom stereocenters. The van der Waals surface area contributed by atoms with E-state index in [1.165, 1.54) is 12.3 Å². The molecule has 1 N–H and O–H groups in total. The van der Waals surface area contributed by atoms with Crippen molar-refractivity contribution >= 4 is 29.2 Å². The molecule has 6 heteroatoms. The van der Waals surface area contributed by atoms with Crippen LogP contribution in [0.25, 0.3) is 0 Å². The number of aromatic carboxylic acids is 1. The molecule has 0 spiro atoms. The predicted molar refractivity (Wildman–Crippen MR) is 77.1 cm³/mol. The number of hydrogen-bond acceptors (Lipinski definition) is 3. The van der Waals surface area contributed by atoms with Gasteiger partial charge in [0.25, 0.3) is 0 Å². The first-order valence-corrected chi connectivity index (χ1v) is 6.62. The molecule has 20 heavy (non-hydrogen) atoms. The van der Waals surface area contributed by atoms with E-state index in [1.54, 1.807) is 12.1 Å². The highest BCUT2D eigenvalue weighted by atomic mass is 35.5. The number of carbonyl (C=O) groups is 1. The first kappa shape index (κ1) is 14.6. The van der Waals surface area contributed by atoms with Gasteiger partial charge in [0.2, 0.25) is 5.88 Å². The first-order chi connectivity index (χ1) is 9.51. The molecule has 4 nitrogen and oxygen atoms in total. The molecule has 1 heterocycles. The van der Waals surface area contributed by atoms with Crippen LogP contribution in [-0.4, -0.2) is 16.1 Å². The molecule has 1 aromatic carbocycles. The third-order valence-corrected chi connectivity index (χ3v) is 3.30. The highest BCUT2D eigenvalue weighted by Gasteiger charge is 2.11. The topological polar surface area (TPSA) is 59.4 Å². The number of carboxylic acid groups (broad SMARTS) is 1. The van der Waals surface area contributed by atoms with Crippen LogP contribution in [0.5, 0.6) is 11.6 Å². The lowest BCUT2D eigenvalue weighted by molar-refractivity contribution is 0.0696. The minimum absolute atomic E-state index is 0.00159. The highest BCUT2D eigenvalue weighted by molar-refractivity contribution is 6.32. The molecular formula is C14H11Cl2NO3. The van der Waals surface area contributed by atoms with Crippen molar-refractivity contribution in [3.63, 3.8) is 0 Å². The van der Waals surface area contributed by atoms with Crippen molar-refractivity contribution in [3.05, 3.63) is 51.6 Å². The number of carboxylic acids is 1. The minimum atomic E-state index is -1.10. The number of aryl methyl sites for hydroxylation is 1. The molecule has 0 amide bonds. The number of ether oxygens (including phenoxy) is 1. The Hall–Kier alpha value is -1.78. The second-order valence-corrected chi connectivity index (χ2v) is 4.84. The molecule has 0 aliphatic heterocycles. The lowest BCUT2D eigenvalue weighted by Gasteiger charge is -2.08. The summed E-state index contributed by atoms with van der Waals surface area (Å²) in [6.45, 7) is 2.00. The monoisotopic (exact) mass is 311 g/mol. The van der Waals surface area contributed by atoms with E-state index in [-0.39, 0.29) is 16.5 Å². The van der Waals surface area contributed by atoms with Crippen molar-refractivity contribution in [2.75, 3.05) is 0 Å². The van der Waals surface area contributed by atoms with Crippen molar-refractivity contribution in [1.29, 1.82) is 0 Å². The fourth-order valence-electron chi connectivity index (χ4n) is 1.61. The van der Waals surface area contributed by atoms with Crippen molar-refractivity contribution in [2.45, 2.75) is 13.3 Å². The first-order valence-electron chi connectivity index (χ1n) is 5.86. The van der Waals surface area contributed by atoms with Gasteiger partial charge in [-0.3, -0.25) is 0 Å². The van der Waals surface area contributed by atoms with E-state index in [1.807, 2.05) is 13.0 Å². The molecule has 0 aliphatic carbocycles. The Bertz CT molecular complexity index is 659. The maximum Gasteiger partial charge on any atom is 0.337 e. The number of nitrogens with zero attached hydrogens (tertiary/aromatic N) is 1. The minimum Gasteiger partial charge on any atom is -0.478 e. The fraction of sp³-hybridized carbons (Fsp3) is 0.143. The lowest BCUT2D eigenvalue weighted by atomic mass is 10.2. The normalized spacial score (nSPS) is 10.3. The van der Waals surface area contributed by atoms with Crippen LogP contribution in [0.4, 0.5) is 0 Å². The number of benzene rings is 1. The van der Waals surface area contributed by atoms with Gasteiger partial charge in [-0.05, 0) is 30.2 Å². The summed E-state index contributed by atoms with van der Waals surface area (Å²) in [6.07, 6.45) is 2.01. The van der Waals surface area contributed by atoms with Gasteiger partial charge in [0.05, 0.1) is 5.56 Å². The van der Waals surface area contributed by atoms with Gasteiger partial charge in [-0.25, -0.2) is 9.78 Å². The zero-order valence-corrected chi connectivity index (χ0v) is 12.1. The molecule has 0 radical (unpaired) electrons. The van der Waals surface area contributed by atoms with E-state index in [4.69, 9.17) is 33.0 Å². The van der Waals surface area contributed by atoms with Gasteiger partial charge in [0.1, 0.15) is 10.8 Å². The summed E-state index contributed by atoms with van der Waals surface area (Å²) in [5.74, 6) is -0.469.